The summed E-state index contributed by atoms with van der Waals surface area (Å²) in [6.45, 7) is 0.434. The molecule has 7 heteroatoms. The maximum atomic E-state index is 14.4. The smallest absolute Gasteiger partial charge is 0.320 e. The van der Waals surface area contributed by atoms with Crippen molar-refractivity contribution < 1.29 is 19.0 Å². The molecule has 0 spiro atoms. The maximum absolute atomic E-state index is 14.4. The van der Waals surface area contributed by atoms with Crippen LogP contribution in [0.1, 0.15) is 24.8 Å². The van der Waals surface area contributed by atoms with Gasteiger partial charge in [0.05, 0.1) is 0 Å². The molecular formula is C24H30FN3O3. The Balaban J connectivity index is 1.46. The van der Waals surface area contributed by atoms with E-state index in [0.717, 1.165) is 18.5 Å². The second-order valence-corrected chi connectivity index (χ2v) is 8.88. The van der Waals surface area contributed by atoms with Gasteiger partial charge in [0.2, 0.25) is 0 Å². The topological polar surface area (TPSA) is 65.0 Å². The van der Waals surface area contributed by atoms with E-state index in [2.05, 4.69) is 53.5 Å². The van der Waals surface area contributed by atoms with Crippen molar-refractivity contribution in [3.63, 3.8) is 0 Å². The summed E-state index contributed by atoms with van der Waals surface area (Å²) in [6, 6.07) is 14.9. The first-order chi connectivity index (χ1) is 14.8. The fourth-order valence-corrected chi connectivity index (χ4v) is 4.81. The number of nitrogens with one attached hydrogen (secondary N) is 1. The molecule has 166 valence electrons. The van der Waals surface area contributed by atoms with Crippen molar-refractivity contribution >= 4 is 11.7 Å². The molecule has 0 unspecified atom stereocenters. The van der Waals surface area contributed by atoms with Crippen LogP contribution in [0.25, 0.3) is 0 Å². The van der Waals surface area contributed by atoms with Gasteiger partial charge in [0.1, 0.15) is 23.7 Å². The molecule has 1 saturated heterocycles. The van der Waals surface area contributed by atoms with Crippen LogP contribution in [0.15, 0.2) is 48.5 Å². The normalized spacial score (nSPS) is 27.7. The van der Waals surface area contributed by atoms with Crippen LogP contribution in [-0.2, 0) is 10.3 Å². The highest BCUT2D eigenvalue weighted by molar-refractivity contribution is 5.74. The third-order valence-corrected chi connectivity index (χ3v) is 6.82. The number of carbonyl (C=O) groups is 1. The maximum Gasteiger partial charge on any atom is 0.320 e. The Labute approximate surface area is 182 Å². The highest BCUT2D eigenvalue weighted by Crippen LogP contribution is 2.48. The first-order valence-electron chi connectivity index (χ1n) is 10.7. The summed E-state index contributed by atoms with van der Waals surface area (Å²) in [4.78, 5) is 15.5. The van der Waals surface area contributed by atoms with Gasteiger partial charge in [0.25, 0.3) is 0 Å². The number of anilines is 1. The highest BCUT2D eigenvalue weighted by atomic mass is 19.1. The summed E-state index contributed by atoms with van der Waals surface area (Å²) in [6.07, 6.45) is 1.96. The van der Waals surface area contributed by atoms with Gasteiger partial charge >= 0.3 is 5.97 Å². The average Bonchev–Trinajstić information content (AvgIpc) is 3.16. The molecule has 2 aliphatic rings. The summed E-state index contributed by atoms with van der Waals surface area (Å²) in [5.41, 5.74) is 2.05. The lowest BCUT2D eigenvalue weighted by atomic mass is 9.67. The van der Waals surface area contributed by atoms with Crippen molar-refractivity contribution in [1.82, 2.24) is 10.2 Å². The number of benzene rings is 2. The van der Waals surface area contributed by atoms with E-state index in [4.69, 9.17) is 9.84 Å². The van der Waals surface area contributed by atoms with Gasteiger partial charge < -0.3 is 20.1 Å². The number of carboxylic acids is 1. The summed E-state index contributed by atoms with van der Waals surface area (Å²) in [5, 5.41) is 12.0. The van der Waals surface area contributed by atoms with Crippen LogP contribution >= 0.6 is 0 Å². The number of aliphatic carboxylic acids is 1. The molecule has 0 amide bonds. The SMILES string of the molecule is CN(c1cc(F)cc(O[C@@H]2CN[C@H](C(=O)O)C2)c1)[C@H]1C[C@](c2ccccc2)(N(C)C)C1. The molecule has 2 atom stereocenters. The Morgan fingerprint density at radius 1 is 1.16 bits per heavy atom. The molecule has 6 nitrogen and oxygen atoms in total. The third-order valence-electron chi connectivity index (χ3n) is 6.82. The van der Waals surface area contributed by atoms with E-state index in [1.165, 1.54) is 17.7 Å². The van der Waals surface area contributed by atoms with Gasteiger partial charge in [0, 0.05) is 49.4 Å². The van der Waals surface area contributed by atoms with Gasteiger partial charge in [-0.1, -0.05) is 30.3 Å². The molecule has 2 fully saturated rings. The molecule has 0 aromatic heterocycles. The number of hydrogen-bond acceptors (Lipinski definition) is 5. The van der Waals surface area contributed by atoms with E-state index in [9.17, 15) is 9.18 Å². The minimum atomic E-state index is -0.890. The quantitative estimate of drug-likeness (QED) is 0.708. The molecule has 2 aromatic carbocycles. The zero-order valence-electron chi connectivity index (χ0n) is 18.2. The molecule has 1 aliphatic heterocycles. The average molecular weight is 428 g/mol. The molecule has 1 heterocycles. The first kappa shape index (κ1) is 21.6. The standard InChI is InChI=1S/C24H30FN3O3/c1-27(2)24(16-7-5-4-6-8-16)13-19(14-24)28(3)18-9-17(25)10-20(11-18)31-21-12-22(23(29)30)26-15-21/h4-11,19,21-22,26H,12-15H2,1-3H3,(H,29,30)/t19-,21-,22-,24-/m0/s1. The first-order valence-corrected chi connectivity index (χ1v) is 10.7. The van der Waals surface area contributed by atoms with Crippen molar-refractivity contribution in [2.45, 2.75) is 43.0 Å². The summed E-state index contributed by atoms with van der Waals surface area (Å²) < 4.78 is 20.3. The predicted molar refractivity (Wildman–Crippen MR) is 118 cm³/mol. The Bertz CT molecular complexity index is 931. The van der Waals surface area contributed by atoms with Gasteiger partial charge in [-0.3, -0.25) is 9.69 Å². The van der Waals surface area contributed by atoms with Crippen LogP contribution in [-0.4, -0.2) is 61.9 Å². The van der Waals surface area contributed by atoms with Crippen molar-refractivity contribution in [3.8, 4) is 5.75 Å². The van der Waals surface area contributed by atoms with E-state index in [-0.39, 0.29) is 23.5 Å². The van der Waals surface area contributed by atoms with Gasteiger partial charge in [-0.2, -0.15) is 0 Å². The van der Waals surface area contributed by atoms with Gasteiger partial charge in [0.15, 0.2) is 0 Å². The zero-order chi connectivity index (χ0) is 22.2. The van der Waals surface area contributed by atoms with E-state index < -0.39 is 12.0 Å². The van der Waals surface area contributed by atoms with Crippen molar-refractivity contribution in [3.05, 3.63) is 59.9 Å². The van der Waals surface area contributed by atoms with Gasteiger partial charge in [-0.05, 0) is 38.6 Å². The van der Waals surface area contributed by atoms with Gasteiger partial charge in [-0.25, -0.2) is 4.39 Å². The lowest BCUT2D eigenvalue weighted by molar-refractivity contribution is -0.139. The second-order valence-electron chi connectivity index (χ2n) is 8.88. The Morgan fingerprint density at radius 2 is 1.87 bits per heavy atom. The fraction of sp³-hybridized carbons (Fsp3) is 0.458. The molecule has 1 saturated carbocycles. The zero-order valence-corrected chi connectivity index (χ0v) is 18.2. The number of halogens is 1. The molecule has 4 rings (SSSR count). The lowest BCUT2D eigenvalue weighted by Crippen LogP contribution is -2.59. The summed E-state index contributed by atoms with van der Waals surface area (Å²) in [7, 11) is 6.21. The molecule has 2 aromatic rings. The second kappa shape index (κ2) is 8.48. The van der Waals surface area contributed by atoms with Crippen LogP contribution in [0.2, 0.25) is 0 Å². The molecule has 0 bridgehead atoms. The van der Waals surface area contributed by atoms with Crippen molar-refractivity contribution in [1.29, 1.82) is 0 Å². The van der Waals surface area contributed by atoms with Crippen molar-refractivity contribution in [2.75, 3.05) is 32.6 Å². The Hall–Kier alpha value is -2.64. The van der Waals surface area contributed by atoms with E-state index >= 15 is 0 Å². The predicted octanol–water partition coefficient (Wildman–Crippen LogP) is 3.08. The van der Waals surface area contributed by atoms with E-state index in [1.807, 2.05) is 19.2 Å². The third kappa shape index (κ3) is 4.25. The number of hydrogen-bond donors (Lipinski definition) is 2. The molecular weight excluding hydrogens is 397 g/mol. The Morgan fingerprint density at radius 3 is 2.48 bits per heavy atom. The van der Waals surface area contributed by atoms with Gasteiger partial charge in [-0.15, -0.1) is 0 Å². The van der Waals surface area contributed by atoms with Crippen LogP contribution in [0.5, 0.6) is 5.75 Å². The number of ether oxygens (including phenoxy) is 1. The molecule has 0 radical (unpaired) electrons. The number of nitrogens with zero attached hydrogens (tertiary/aromatic N) is 2. The van der Waals surface area contributed by atoms with Crippen LogP contribution < -0.4 is 15.0 Å². The molecule has 1 aliphatic carbocycles. The van der Waals surface area contributed by atoms with Crippen molar-refractivity contribution in [2.24, 2.45) is 0 Å². The summed E-state index contributed by atoms with van der Waals surface area (Å²) >= 11 is 0. The van der Waals surface area contributed by atoms with Crippen LogP contribution in [0.3, 0.4) is 0 Å². The minimum absolute atomic E-state index is 0.0196. The number of rotatable bonds is 7. The van der Waals surface area contributed by atoms with E-state index in [1.54, 1.807) is 0 Å². The largest absolute Gasteiger partial charge is 0.489 e. The molecule has 2 N–H and O–H groups in total. The summed E-state index contributed by atoms with van der Waals surface area (Å²) in [5.74, 6) is -0.819. The Kier molecular flexibility index (Phi) is 5.90. The van der Waals surface area contributed by atoms with E-state index in [0.29, 0.717) is 18.7 Å². The van der Waals surface area contributed by atoms with Crippen LogP contribution in [0.4, 0.5) is 10.1 Å². The monoisotopic (exact) mass is 427 g/mol. The molecule has 31 heavy (non-hydrogen) atoms. The highest BCUT2D eigenvalue weighted by Gasteiger charge is 2.48. The lowest BCUT2D eigenvalue weighted by Gasteiger charge is -2.55. The van der Waals surface area contributed by atoms with Crippen LogP contribution in [0, 0.1) is 5.82 Å². The number of carboxylic acid groups (broad SMARTS) is 1. The minimum Gasteiger partial charge on any atom is -0.489 e. The fourth-order valence-electron chi connectivity index (χ4n) is 4.81.